The third kappa shape index (κ3) is 5.27. The first-order chi connectivity index (χ1) is 14.4. The SMILES string of the molecule is CCCCc1ccc(NC(=O)c2cccc(NS(=O)(=O)c3ccccc3)c2C)cc1. The first-order valence-electron chi connectivity index (χ1n) is 9.98. The number of aryl methyl sites for hydroxylation is 1. The van der Waals surface area contributed by atoms with Gasteiger partial charge in [0, 0.05) is 11.3 Å². The lowest BCUT2D eigenvalue weighted by Crippen LogP contribution is -2.17. The molecule has 0 atom stereocenters. The smallest absolute Gasteiger partial charge is 0.261 e. The van der Waals surface area contributed by atoms with Crippen molar-refractivity contribution in [2.24, 2.45) is 0 Å². The van der Waals surface area contributed by atoms with E-state index in [1.807, 2.05) is 24.3 Å². The fourth-order valence-electron chi connectivity index (χ4n) is 3.13. The first kappa shape index (κ1) is 21.6. The van der Waals surface area contributed by atoms with Crippen LogP contribution in [0.2, 0.25) is 0 Å². The van der Waals surface area contributed by atoms with Crippen LogP contribution in [0.5, 0.6) is 0 Å². The lowest BCUT2D eigenvalue weighted by Gasteiger charge is -2.14. The number of hydrogen-bond acceptors (Lipinski definition) is 3. The van der Waals surface area contributed by atoms with Crippen molar-refractivity contribution < 1.29 is 13.2 Å². The minimum Gasteiger partial charge on any atom is -0.322 e. The zero-order chi connectivity index (χ0) is 21.6. The molecule has 0 aliphatic carbocycles. The molecule has 1 amide bonds. The highest BCUT2D eigenvalue weighted by atomic mass is 32.2. The summed E-state index contributed by atoms with van der Waals surface area (Å²) in [6, 6.07) is 20.9. The van der Waals surface area contributed by atoms with Gasteiger partial charge < -0.3 is 5.32 Å². The molecule has 5 nitrogen and oxygen atoms in total. The van der Waals surface area contributed by atoms with E-state index in [0.717, 1.165) is 19.3 Å². The molecule has 30 heavy (non-hydrogen) atoms. The Morgan fingerprint density at radius 3 is 2.27 bits per heavy atom. The van der Waals surface area contributed by atoms with Crippen LogP contribution in [0.25, 0.3) is 0 Å². The molecule has 3 aromatic carbocycles. The van der Waals surface area contributed by atoms with Gasteiger partial charge in [-0.3, -0.25) is 9.52 Å². The van der Waals surface area contributed by atoms with Crippen molar-refractivity contribution in [2.75, 3.05) is 10.0 Å². The summed E-state index contributed by atoms with van der Waals surface area (Å²) < 4.78 is 27.8. The molecule has 3 rings (SSSR count). The summed E-state index contributed by atoms with van der Waals surface area (Å²) in [6.07, 6.45) is 3.30. The molecular formula is C24H26N2O3S. The van der Waals surface area contributed by atoms with E-state index in [0.29, 0.717) is 22.5 Å². The topological polar surface area (TPSA) is 75.3 Å². The van der Waals surface area contributed by atoms with Gasteiger partial charge in [0.05, 0.1) is 10.6 Å². The summed E-state index contributed by atoms with van der Waals surface area (Å²) in [5, 5.41) is 2.89. The van der Waals surface area contributed by atoms with E-state index in [4.69, 9.17) is 0 Å². The number of benzene rings is 3. The van der Waals surface area contributed by atoms with Crippen molar-refractivity contribution in [2.45, 2.75) is 38.0 Å². The van der Waals surface area contributed by atoms with E-state index >= 15 is 0 Å². The van der Waals surface area contributed by atoms with Crippen LogP contribution >= 0.6 is 0 Å². The standard InChI is InChI=1S/C24H26N2O3S/c1-3-4-9-19-14-16-20(17-15-19)25-24(27)22-12-8-13-23(18(22)2)26-30(28,29)21-10-6-5-7-11-21/h5-8,10-17,26H,3-4,9H2,1-2H3,(H,25,27). The highest BCUT2D eigenvalue weighted by molar-refractivity contribution is 7.92. The maximum atomic E-state index is 12.8. The Hall–Kier alpha value is -3.12. The molecule has 0 bridgehead atoms. The van der Waals surface area contributed by atoms with Gasteiger partial charge in [-0.2, -0.15) is 0 Å². The van der Waals surface area contributed by atoms with Crippen molar-refractivity contribution in [3.8, 4) is 0 Å². The number of amides is 1. The van der Waals surface area contributed by atoms with Crippen LogP contribution in [0.1, 0.15) is 41.3 Å². The van der Waals surface area contributed by atoms with E-state index in [1.54, 1.807) is 43.3 Å². The highest BCUT2D eigenvalue weighted by Crippen LogP contribution is 2.23. The highest BCUT2D eigenvalue weighted by Gasteiger charge is 2.18. The number of carbonyl (C=O) groups excluding carboxylic acids is 1. The molecular weight excluding hydrogens is 396 g/mol. The maximum Gasteiger partial charge on any atom is 0.261 e. The van der Waals surface area contributed by atoms with E-state index in [1.165, 1.54) is 17.7 Å². The zero-order valence-corrected chi connectivity index (χ0v) is 18.0. The van der Waals surface area contributed by atoms with Crippen LogP contribution in [-0.4, -0.2) is 14.3 Å². The Bertz CT molecular complexity index is 1110. The zero-order valence-electron chi connectivity index (χ0n) is 17.2. The lowest BCUT2D eigenvalue weighted by molar-refractivity contribution is 0.102. The number of carbonyl (C=O) groups is 1. The first-order valence-corrected chi connectivity index (χ1v) is 11.5. The second-order valence-corrected chi connectivity index (χ2v) is 8.83. The van der Waals surface area contributed by atoms with E-state index < -0.39 is 10.0 Å². The molecule has 2 N–H and O–H groups in total. The third-order valence-electron chi connectivity index (χ3n) is 4.91. The van der Waals surface area contributed by atoms with Crippen LogP contribution < -0.4 is 10.0 Å². The minimum atomic E-state index is -3.73. The normalized spacial score (nSPS) is 11.1. The van der Waals surface area contributed by atoms with Crippen molar-refractivity contribution in [3.63, 3.8) is 0 Å². The van der Waals surface area contributed by atoms with Gasteiger partial charge >= 0.3 is 0 Å². The molecule has 0 aromatic heterocycles. The van der Waals surface area contributed by atoms with E-state index in [-0.39, 0.29) is 10.8 Å². The summed E-state index contributed by atoms with van der Waals surface area (Å²) in [7, 11) is -3.73. The Kier molecular flexibility index (Phi) is 6.90. The summed E-state index contributed by atoms with van der Waals surface area (Å²) >= 11 is 0. The molecule has 0 aliphatic heterocycles. The van der Waals surface area contributed by atoms with Crippen LogP contribution in [0.4, 0.5) is 11.4 Å². The molecule has 6 heteroatoms. The number of rotatable bonds is 8. The van der Waals surface area contributed by atoms with Gasteiger partial charge in [0.15, 0.2) is 0 Å². The minimum absolute atomic E-state index is 0.169. The predicted molar refractivity (Wildman–Crippen MR) is 121 cm³/mol. The van der Waals surface area contributed by atoms with Crippen LogP contribution in [0.15, 0.2) is 77.7 Å². The molecule has 0 saturated heterocycles. The summed E-state index contributed by atoms with van der Waals surface area (Å²) in [5.74, 6) is -0.283. The van der Waals surface area contributed by atoms with E-state index in [2.05, 4.69) is 17.0 Å². The molecule has 3 aromatic rings. The maximum absolute atomic E-state index is 12.8. The Morgan fingerprint density at radius 1 is 0.900 bits per heavy atom. The van der Waals surface area contributed by atoms with Gasteiger partial charge in [-0.05, 0) is 67.3 Å². The predicted octanol–water partition coefficient (Wildman–Crippen LogP) is 5.39. The number of anilines is 2. The third-order valence-corrected chi connectivity index (χ3v) is 6.29. The average molecular weight is 423 g/mol. The number of unbranched alkanes of at least 4 members (excludes halogenated alkanes) is 1. The molecule has 0 unspecified atom stereocenters. The summed E-state index contributed by atoms with van der Waals surface area (Å²) in [4.78, 5) is 13.0. The molecule has 0 fully saturated rings. The van der Waals surface area contributed by atoms with Gasteiger partial charge in [0.1, 0.15) is 0 Å². The van der Waals surface area contributed by atoms with Crippen molar-refractivity contribution >= 4 is 27.3 Å². The Balaban J connectivity index is 1.76. The molecule has 0 radical (unpaired) electrons. The Morgan fingerprint density at radius 2 is 1.60 bits per heavy atom. The lowest BCUT2D eigenvalue weighted by atomic mass is 10.1. The van der Waals surface area contributed by atoms with Crippen LogP contribution in [-0.2, 0) is 16.4 Å². The van der Waals surface area contributed by atoms with Crippen molar-refractivity contribution in [3.05, 3.63) is 89.5 Å². The van der Waals surface area contributed by atoms with Gasteiger partial charge in [0.2, 0.25) is 0 Å². The fraction of sp³-hybridized carbons (Fsp3) is 0.208. The number of sulfonamides is 1. The molecule has 0 saturated carbocycles. The van der Waals surface area contributed by atoms with Gasteiger partial charge in [-0.15, -0.1) is 0 Å². The van der Waals surface area contributed by atoms with Crippen LogP contribution in [0, 0.1) is 6.92 Å². The van der Waals surface area contributed by atoms with Crippen molar-refractivity contribution in [1.82, 2.24) is 0 Å². The van der Waals surface area contributed by atoms with Gasteiger partial charge in [0.25, 0.3) is 15.9 Å². The molecule has 0 spiro atoms. The van der Waals surface area contributed by atoms with Gasteiger partial charge in [-0.1, -0.05) is 49.7 Å². The molecule has 156 valence electrons. The number of nitrogens with one attached hydrogen (secondary N) is 2. The van der Waals surface area contributed by atoms with Gasteiger partial charge in [-0.25, -0.2) is 8.42 Å². The second-order valence-electron chi connectivity index (χ2n) is 7.15. The second kappa shape index (κ2) is 9.59. The fourth-order valence-corrected chi connectivity index (χ4v) is 4.27. The average Bonchev–Trinajstić information content (AvgIpc) is 2.75. The van der Waals surface area contributed by atoms with E-state index in [9.17, 15) is 13.2 Å². The van der Waals surface area contributed by atoms with Crippen molar-refractivity contribution in [1.29, 1.82) is 0 Å². The van der Waals surface area contributed by atoms with Crippen LogP contribution in [0.3, 0.4) is 0 Å². The summed E-state index contributed by atoms with van der Waals surface area (Å²) in [5.41, 5.74) is 3.30. The quantitative estimate of drug-likeness (QED) is 0.511. The summed E-state index contributed by atoms with van der Waals surface area (Å²) in [6.45, 7) is 3.89. The monoisotopic (exact) mass is 422 g/mol. The largest absolute Gasteiger partial charge is 0.322 e. The Labute approximate surface area is 178 Å². The number of hydrogen-bond donors (Lipinski definition) is 2. The molecule has 0 heterocycles. The molecule has 0 aliphatic rings.